The van der Waals surface area contributed by atoms with E-state index in [4.69, 9.17) is 21.3 Å². The number of piperazine rings is 1. The molecule has 0 radical (unpaired) electrons. The van der Waals surface area contributed by atoms with E-state index in [-0.39, 0.29) is 53.3 Å². The number of anilines is 1. The molecular weight excluding hydrogens is 828 g/mol. The zero-order valence-corrected chi connectivity index (χ0v) is 40.2. The number of nitrogens with zero attached hydrogens (tertiary/aromatic N) is 6. The lowest BCUT2D eigenvalue weighted by Crippen LogP contribution is -2.78. The highest BCUT2D eigenvalue weighted by Crippen LogP contribution is 2.56. The molecule has 0 bridgehead atoms. The van der Waals surface area contributed by atoms with Crippen molar-refractivity contribution in [2.24, 2.45) is 39.5 Å². The van der Waals surface area contributed by atoms with Gasteiger partial charge in [0.2, 0.25) is 5.91 Å². The first kappa shape index (κ1) is 43.9. The van der Waals surface area contributed by atoms with E-state index < -0.39 is 0 Å². The smallest absolute Gasteiger partial charge is 0.243 e. The van der Waals surface area contributed by atoms with Crippen molar-refractivity contribution in [3.8, 4) is 11.8 Å². The SMILES string of the molecule is CC1SC2C(C(c3ccc(N4CC(CC5CN(C6CNC(C(=O)NC7C(C)(C)C(Oc8ccc(C#N)c(Cl)c8)C7(C)C)C[N+]67CCCC7)C5)C4)cc3)=N[C@@H](C)C3NNC(C)N23)C1C. The summed E-state index contributed by atoms with van der Waals surface area (Å²) in [7, 11) is 0. The number of quaternary nitrogens is 1. The molecular formula is C49H70ClN10O2S+. The van der Waals surface area contributed by atoms with Gasteiger partial charge in [0.25, 0.3) is 0 Å². The highest BCUT2D eigenvalue weighted by atomic mass is 35.5. The molecule has 2 aromatic rings. The van der Waals surface area contributed by atoms with Gasteiger partial charge in [0.1, 0.15) is 30.5 Å². The number of likely N-dealkylation sites (tertiary alicyclic amines) is 1. The number of aliphatic imine (C=N–C) groups is 1. The number of halogens is 1. The van der Waals surface area contributed by atoms with E-state index in [9.17, 15) is 10.1 Å². The Morgan fingerprint density at radius 2 is 1.70 bits per heavy atom. The molecule has 7 fully saturated rings. The number of fused-ring (bicyclic) bond motifs is 3. The van der Waals surface area contributed by atoms with Gasteiger partial charge < -0.3 is 19.4 Å². The number of nitriles is 1. The zero-order chi connectivity index (χ0) is 44.2. The molecule has 14 heteroatoms. The van der Waals surface area contributed by atoms with Crippen LogP contribution in [0.1, 0.15) is 85.8 Å². The summed E-state index contributed by atoms with van der Waals surface area (Å²) in [6.45, 7) is 26.7. The quantitative estimate of drug-likeness (QED) is 0.228. The fraction of sp³-hybridized carbons (Fsp3) is 0.694. The van der Waals surface area contributed by atoms with E-state index in [1.807, 2.05) is 6.07 Å². The van der Waals surface area contributed by atoms with Crippen LogP contribution in [0.15, 0.2) is 47.5 Å². The second kappa shape index (κ2) is 16.4. The fourth-order valence-corrected chi connectivity index (χ4v) is 15.9. The Balaban J connectivity index is 0.708. The van der Waals surface area contributed by atoms with Crippen molar-refractivity contribution >= 4 is 40.7 Å². The van der Waals surface area contributed by atoms with Crippen molar-refractivity contribution in [3.05, 3.63) is 58.6 Å². The van der Waals surface area contributed by atoms with Gasteiger partial charge in [0.05, 0.1) is 54.0 Å². The van der Waals surface area contributed by atoms with Crippen LogP contribution in [0.3, 0.4) is 0 Å². The first-order valence-corrected chi connectivity index (χ1v) is 25.3. The number of ether oxygens (including phenoxy) is 1. The average molecular weight is 899 g/mol. The molecule has 9 atom stereocenters. The van der Waals surface area contributed by atoms with E-state index in [0.717, 1.165) is 55.6 Å². The van der Waals surface area contributed by atoms with Gasteiger partial charge in [0.15, 0.2) is 6.17 Å². The number of rotatable bonds is 9. The van der Waals surface area contributed by atoms with Crippen LogP contribution in [0.4, 0.5) is 5.69 Å². The van der Waals surface area contributed by atoms with Gasteiger partial charge in [-0.2, -0.15) is 5.26 Å². The minimum atomic E-state index is -0.293. The molecule has 2 aromatic carbocycles. The van der Waals surface area contributed by atoms with Gasteiger partial charge in [-0.05, 0) is 67.9 Å². The molecule has 63 heavy (non-hydrogen) atoms. The van der Waals surface area contributed by atoms with Crippen LogP contribution in [0.25, 0.3) is 0 Å². The number of thioether (sulfide) groups is 1. The van der Waals surface area contributed by atoms with Crippen molar-refractivity contribution in [3.63, 3.8) is 0 Å². The van der Waals surface area contributed by atoms with Crippen LogP contribution >= 0.6 is 23.4 Å². The van der Waals surface area contributed by atoms with Gasteiger partial charge in [-0.15, -0.1) is 11.8 Å². The van der Waals surface area contributed by atoms with Gasteiger partial charge in [-0.25, -0.2) is 10.9 Å². The summed E-state index contributed by atoms with van der Waals surface area (Å²) in [6.07, 6.45) is 4.59. The molecule has 12 nitrogen and oxygen atoms in total. The average Bonchev–Trinajstić information content (AvgIpc) is 3.91. The summed E-state index contributed by atoms with van der Waals surface area (Å²) in [6, 6.07) is 16.7. The summed E-state index contributed by atoms with van der Waals surface area (Å²) in [4.78, 5) is 27.5. The molecule has 1 aliphatic carbocycles. The molecule has 6 saturated heterocycles. The number of nitrogens with one attached hydrogen (secondary N) is 4. The summed E-state index contributed by atoms with van der Waals surface area (Å²) in [5, 5.41) is 17.9. The van der Waals surface area contributed by atoms with Crippen molar-refractivity contribution in [1.29, 1.82) is 5.26 Å². The fourth-order valence-electron chi connectivity index (χ4n) is 13.8. The second-order valence-electron chi connectivity index (χ2n) is 21.9. The van der Waals surface area contributed by atoms with E-state index >= 15 is 0 Å². The second-order valence-corrected chi connectivity index (χ2v) is 23.8. The minimum absolute atomic E-state index is 0.0452. The Labute approximate surface area is 384 Å². The zero-order valence-electron chi connectivity index (χ0n) is 38.6. The van der Waals surface area contributed by atoms with Crippen LogP contribution in [0, 0.1) is 45.8 Å². The summed E-state index contributed by atoms with van der Waals surface area (Å²) in [5.41, 5.74) is 10.8. The van der Waals surface area contributed by atoms with Crippen LogP contribution < -0.4 is 31.1 Å². The molecule has 1 saturated carbocycles. The topological polar surface area (TPSA) is 120 Å². The maximum atomic E-state index is 14.1. The third kappa shape index (κ3) is 7.51. The lowest BCUT2D eigenvalue weighted by Gasteiger charge is -2.63. The molecule has 1 amide bonds. The Morgan fingerprint density at radius 1 is 1.00 bits per heavy atom. The van der Waals surface area contributed by atoms with Crippen LogP contribution in [-0.4, -0.2) is 132 Å². The van der Waals surface area contributed by atoms with Crippen LogP contribution in [0.2, 0.25) is 5.02 Å². The van der Waals surface area contributed by atoms with Gasteiger partial charge in [-0.3, -0.25) is 24.9 Å². The van der Waals surface area contributed by atoms with Crippen molar-refractivity contribution in [1.82, 2.24) is 31.3 Å². The van der Waals surface area contributed by atoms with Crippen molar-refractivity contribution < 1.29 is 14.0 Å². The maximum Gasteiger partial charge on any atom is 0.243 e. The van der Waals surface area contributed by atoms with E-state index in [1.165, 1.54) is 49.3 Å². The largest absolute Gasteiger partial charge is 0.489 e. The molecule has 340 valence electrons. The monoisotopic (exact) mass is 898 g/mol. The number of hydrogen-bond donors (Lipinski definition) is 4. The van der Waals surface area contributed by atoms with Gasteiger partial charge >= 0.3 is 0 Å². The van der Waals surface area contributed by atoms with E-state index in [0.29, 0.717) is 45.0 Å². The highest BCUT2D eigenvalue weighted by molar-refractivity contribution is 8.00. The molecule has 10 rings (SSSR count). The lowest BCUT2D eigenvalue weighted by atomic mass is 9.49. The molecule has 4 N–H and O–H groups in total. The number of carbonyl (C=O) groups excluding carboxylic acids is 1. The predicted molar refractivity (Wildman–Crippen MR) is 252 cm³/mol. The lowest BCUT2D eigenvalue weighted by molar-refractivity contribution is -0.956. The maximum absolute atomic E-state index is 14.1. The van der Waals surface area contributed by atoms with Gasteiger partial charge in [0, 0.05) is 84.5 Å². The molecule has 8 aliphatic rings. The third-order valence-electron chi connectivity index (χ3n) is 17.1. The van der Waals surface area contributed by atoms with Crippen molar-refractivity contribution in [2.75, 3.05) is 57.3 Å². The first-order chi connectivity index (χ1) is 30.1. The normalized spacial score (nSPS) is 37.2. The number of amides is 1. The Morgan fingerprint density at radius 3 is 2.38 bits per heavy atom. The number of hydrazine groups is 1. The number of hydrogen-bond acceptors (Lipinski definition) is 11. The van der Waals surface area contributed by atoms with E-state index in [2.05, 4.69) is 134 Å². The number of carbonyl (C=O) groups is 1. The summed E-state index contributed by atoms with van der Waals surface area (Å²) >= 11 is 8.46. The summed E-state index contributed by atoms with van der Waals surface area (Å²) in [5.74, 6) is 3.23. The Kier molecular flexibility index (Phi) is 11.5. The molecule has 0 aromatic heterocycles. The molecule has 7 aliphatic heterocycles. The Hall–Kier alpha value is -2.93. The molecule has 8 unspecified atom stereocenters. The van der Waals surface area contributed by atoms with Crippen LogP contribution in [-0.2, 0) is 4.79 Å². The van der Waals surface area contributed by atoms with Crippen LogP contribution in [0.5, 0.6) is 5.75 Å². The third-order valence-corrected chi connectivity index (χ3v) is 19.1. The summed E-state index contributed by atoms with van der Waals surface area (Å²) < 4.78 is 7.54. The number of benzene rings is 2. The predicted octanol–water partition coefficient (Wildman–Crippen LogP) is 5.86. The molecule has 1 spiro atoms. The van der Waals surface area contributed by atoms with Crippen molar-refractivity contribution in [2.45, 2.75) is 128 Å². The van der Waals surface area contributed by atoms with E-state index in [1.54, 1.807) is 12.1 Å². The minimum Gasteiger partial charge on any atom is -0.489 e. The Bertz CT molecular complexity index is 2110. The standard InChI is InChI=1S/C49H69ClN10O2S/c1-28-30(3)63-45-41(28)42(53-29(2)43-56-55-31(4)59(43)45)34-11-14-36(15-12-34)57-23-32(24-57)19-33-25-58(26-33)40-22-52-39(27-60(40)17-9-10-18-60)44(61)54-46-48(5,6)47(49(46,7)8)62-37-16-13-35(21-51)38(50)20-37/h11-16,20,28-33,39-41,43,45-47,52,55-56H,9-10,17-19,22-27H2,1-8H3/p+1/t28?,29-,30?,31?,39?,40?,41?,43?,45?,46?,47?/m0/s1. The highest BCUT2D eigenvalue weighted by Gasteiger charge is 2.65. The first-order valence-electron chi connectivity index (χ1n) is 23.9. The van der Waals surface area contributed by atoms with Gasteiger partial charge in [-0.1, -0.05) is 65.3 Å². The molecule has 7 heterocycles.